The Hall–Kier alpha value is -3.35. The van der Waals surface area contributed by atoms with Crippen LogP contribution in [0.1, 0.15) is 57.6 Å². The number of hydrogen-bond donors (Lipinski definition) is 3. The highest BCUT2D eigenvalue weighted by Crippen LogP contribution is 2.44. The van der Waals surface area contributed by atoms with Gasteiger partial charge in [0, 0.05) is 5.92 Å². The van der Waals surface area contributed by atoms with Gasteiger partial charge in [-0.2, -0.15) is 0 Å². The van der Waals surface area contributed by atoms with Crippen molar-refractivity contribution in [3.8, 4) is 11.1 Å². The third kappa shape index (κ3) is 6.16. The number of hydrogen-bond acceptors (Lipinski definition) is 4. The molecule has 3 N–H and O–H groups in total. The molecule has 0 radical (unpaired) electrons. The van der Waals surface area contributed by atoms with Gasteiger partial charge < -0.3 is 20.5 Å². The molecule has 3 rings (SSSR count). The maximum absolute atomic E-state index is 12.9. The molecule has 1 aliphatic carbocycles. The summed E-state index contributed by atoms with van der Waals surface area (Å²) in [5, 5.41) is 14.7. The summed E-state index contributed by atoms with van der Waals surface area (Å²) in [6.07, 6.45) is -0.0248. The number of fused-ring (bicyclic) bond motifs is 3. The minimum Gasteiger partial charge on any atom is -0.480 e. The fourth-order valence-corrected chi connectivity index (χ4v) is 4.45. The first-order chi connectivity index (χ1) is 16.2. The molecule has 1 aliphatic rings. The van der Waals surface area contributed by atoms with Gasteiger partial charge in [-0.3, -0.25) is 4.79 Å². The zero-order chi connectivity index (χ0) is 24.8. The van der Waals surface area contributed by atoms with Crippen LogP contribution >= 0.6 is 0 Å². The average molecular weight is 467 g/mol. The molecule has 7 heteroatoms. The van der Waals surface area contributed by atoms with Crippen LogP contribution in [0.15, 0.2) is 48.5 Å². The standard InChI is InChI=1S/C27H34N2O5/c1-16(2)13-23(25(30)28-24(26(31)32)14-17(3)4)29-27(33)34-15-22-20-11-7-5-9-18(20)19-10-6-8-12-21(19)22/h5-12,16-17,22-24H,13-15H2,1-4H3,(H,28,30)(H,29,33)(H,31,32)/t23?,24-/m1/s1. The van der Waals surface area contributed by atoms with Gasteiger partial charge in [0.05, 0.1) is 0 Å². The Kier molecular flexibility index (Phi) is 8.31. The molecule has 182 valence electrons. The quantitative estimate of drug-likeness (QED) is 0.476. The molecule has 0 bridgehead atoms. The molecular weight excluding hydrogens is 432 g/mol. The Morgan fingerprint density at radius 2 is 1.32 bits per heavy atom. The molecule has 2 atom stereocenters. The number of carbonyl (C=O) groups excluding carboxylic acids is 2. The van der Waals surface area contributed by atoms with Gasteiger partial charge in [0.25, 0.3) is 0 Å². The number of amides is 2. The van der Waals surface area contributed by atoms with E-state index < -0.39 is 30.1 Å². The molecule has 7 nitrogen and oxygen atoms in total. The van der Waals surface area contributed by atoms with Gasteiger partial charge in [-0.05, 0) is 46.9 Å². The normalized spacial score (nSPS) is 14.3. The monoisotopic (exact) mass is 466 g/mol. The van der Waals surface area contributed by atoms with E-state index in [2.05, 4.69) is 22.8 Å². The highest BCUT2D eigenvalue weighted by Gasteiger charge is 2.31. The summed E-state index contributed by atoms with van der Waals surface area (Å²) < 4.78 is 5.57. The lowest BCUT2D eigenvalue weighted by Gasteiger charge is -2.23. The van der Waals surface area contributed by atoms with E-state index in [1.165, 1.54) is 0 Å². The van der Waals surface area contributed by atoms with Gasteiger partial charge in [-0.25, -0.2) is 9.59 Å². The predicted molar refractivity (Wildman–Crippen MR) is 130 cm³/mol. The summed E-state index contributed by atoms with van der Waals surface area (Å²) in [6, 6.07) is 14.2. The number of ether oxygens (including phenoxy) is 1. The Balaban J connectivity index is 1.66. The highest BCUT2D eigenvalue weighted by atomic mass is 16.5. The molecule has 1 unspecified atom stereocenters. The molecule has 2 aromatic carbocycles. The molecule has 0 saturated carbocycles. The molecule has 0 aliphatic heterocycles. The lowest BCUT2D eigenvalue weighted by Crippen LogP contribution is -2.52. The molecule has 0 spiro atoms. The molecule has 0 saturated heterocycles. The fourth-order valence-electron chi connectivity index (χ4n) is 4.45. The zero-order valence-electron chi connectivity index (χ0n) is 20.2. The van der Waals surface area contributed by atoms with Crippen molar-refractivity contribution >= 4 is 18.0 Å². The number of nitrogens with one attached hydrogen (secondary N) is 2. The van der Waals surface area contributed by atoms with E-state index in [0.29, 0.717) is 12.8 Å². The van der Waals surface area contributed by atoms with Crippen LogP contribution in [0, 0.1) is 11.8 Å². The van der Waals surface area contributed by atoms with Crippen LogP contribution in [-0.4, -0.2) is 41.8 Å². The van der Waals surface area contributed by atoms with Crippen LogP contribution in [0.2, 0.25) is 0 Å². The van der Waals surface area contributed by atoms with E-state index >= 15 is 0 Å². The Bertz CT molecular complexity index is 988. The maximum atomic E-state index is 12.9. The SMILES string of the molecule is CC(C)CC(NC(=O)OCC1c2ccccc2-c2ccccc21)C(=O)N[C@H](CC(C)C)C(=O)O. The summed E-state index contributed by atoms with van der Waals surface area (Å²) in [4.78, 5) is 37.1. The number of benzene rings is 2. The third-order valence-corrected chi connectivity index (χ3v) is 5.98. The van der Waals surface area contributed by atoms with Crippen molar-refractivity contribution in [2.24, 2.45) is 11.8 Å². The van der Waals surface area contributed by atoms with Crippen LogP contribution in [0.5, 0.6) is 0 Å². The minimum absolute atomic E-state index is 0.0852. The zero-order valence-corrected chi connectivity index (χ0v) is 20.2. The Morgan fingerprint density at radius 1 is 0.824 bits per heavy atom. The average Bonchev–Trinajstić information content (AvgIpc) is 3.10. The minimum atomic E-state index is -1.09. The molecular formula is C27H34N2O5. The summed E-state index contributed by atoms with van der Waals surface area (Å²) in [5.41, 5.74) is 4.47. The highest BCUT2D eigenvalue weighted by molar-refractivity contribution is 5.89. The van der Waals surface area contributed by atoms with Crippen molar-refractivity contribution in [3.63, 3.8) is 0 Å². The van der Waals surface area contributed by atoms with Crippen LogP contribution in [0.25, 0.3) is 11.1 Å². The smallest absolute Gasteiger partial charge is 0.407 e. The second-order valence-corrected chi connectivity index (χ2v) is 9.68. The first kappa shape index (κ1) is 25.3. The van der Waals surface area contributed by atoms with Crippen LogP contribution in [0.3, 0.4) is 0 Å². The topological polar surface area (TPSA) is 105 Å². The van der Waals surface area contributed by atoms with Gasteiger partial charge in [0.2, 0.25) is 5.91 Å². The number of aliphatic carboxylic acids is 1. The van der Waals surface area contributed by atoms with Crippen molar-refractivity contribution in [1.82, 2.24) is 10.6 Å². The number of carboxylic acids is 1. The van der Waals surface area contributed by atoms with Gasteiger partial charge in [0.1, 0.15) is 18.7 Å². The largest absolute Gasteiger partial charge is 0.480 e. The van der Waals surface area contributed by atoms with Gasteiger partial charge in [-0.1, -0.05) is 76.2 Å². The van der Waals surface area contributed by atoms with E-state index in [1.807, 2.05) is 64.1 Å². The fraction of sp³-hybridized carbons (Fsp3) is 0.444. The lowest BCUT2D eigenvalue weighted by atomic mass is 9.98. The van der Waals surface area contributed by atoms with Crippen molar-refractivity contribution in [3.05, 3.63) is 59.7 Å². The lowest BCUT2D eigenvalue weighted by molar-refractivity contribution is -0.142. The Morgan fingerprint density at radius 3 is 1.82 bits per heavy atom. The molecule has 0 heterocycles. The van der Waals surface area contributed by atoms with Gasteiger partial charge >= 0.3 is 12.1 Å². The van der Waals surface area contributed by atoms with Crippen molar-refractivity contribution in [2.45, 2.75) is 58.5 Å². The van der Waals surface area contributed by atoms with E-state index in [4.69, 9.17) is 4.74 Å². The van der Waals surface area contributed by atoms with Crippen molar-refractivity contribution < 1.29 is 24.2 Å². The van der Waals surface area contributed by atoms with E-state index in [-0.39, 0.29) is 24.4 Å². The summed E-state index contributed by atoms with van der Waals surface area (Å²) in [5.74, 6) is -1.49. The van der Waals surface area contributed by atoms with Crippen molar-refractivity contribution in [2.75, 3.05) is 6.61 Å². The van der Waals surface area contributed by atoms with E-state index in [9.17, 15) is 19.5 Å². The van der Waals surface area contributed by atoms with Gasteiger partial charge in [0.15, 0.2) is 0 Å². The van der Waals surface area contributed by atoms with Crippen LogP contribution < -0.4 is 10.6 Å². The molecule has 0 aromatic heterocycles. The number of carbonyl (C=O) groups is 3. The summed E-state index contributed by atoms with van der Waals surface area (Å²) in [6.45, 7) is 7.79. The number of alkyl carbamates (subject to hydrolysis) is 1. The predicted octanol–water partition coefficient (Wildman–Crippen LogP) is 4.56. The van der Waals surface area contributed by atoms with Crippen LogP contribution in [-0.2, 0) is 14.3 Å². The summed E-state index contributed by atoms with van der Waals surface area (Å²) in [7, 11) is 0. The van der Waals surface area contributed by atoms with E-state index in [0.717, 1.165) is 22.3 Å². The molecule has 2 amide bonds. The second kappa shape index (κ2) is 11.2. The van der Waals surface area contributed by atoms with Crippen molar-refractivity contribution in [1.29, 1.82) is 0 Å². The third-order valence-electron chi connectivity index (χ3n) is 5.98. The summed E-state index contributed by atoms with van der Waals surface area (Å²) >= 11 is 0. The molecule has 0 fully saturated rings. The maximum Gasteiger partial charge on any atom is 0.407 e. The molecule has 2 aromatic rings. The Labute approximate surface area is 200 Å². The second-order valence-electron chi connectivity index (χ2n) is 9.68. The number of carboxylic acid groups (broad SMARTS) is 1. The number of rotatable bonds is 10. The first-order valence-electron chi connectivity index (χ1n) is 11.8. The molecule has 34 heavy (non-hydrogen) atoms. The first-order valence-corrected chi connectivity index (χ1v) is 11.8. The van der Waals surface area contributed by atoms with Crippen LogP contribution in [0.4, 0.5) is 4.79 Å². The van der Waals surface area contributed by atoms with Gasteiger partial charge in [-0.15, -0.1) is 0 Å². The van der Waals surface area contributed by atoms with E-state index in [1.54, 1.807) is 0 Å².